The quantitative estimate of drug-likeness (QED) is 0.611. The number of rotatable bonds is 6. The first-order chi connectivity index (χ1) is 13.7. The first-order valence-electron chi connectivity index (χ1n) is 9.52. The van der Waals surface area contributed by atoms with Crippen molar-refractivity contribution in [2.75, 3.05) is 6.54 Å². The summed E-state index contributed by atoms with van der Waals surface area (Å²) in [5.41, 5.74) is 3.78. The molecule has 28 heavy (non-hydrogen) atoms. The van der Waals surface area contributed by atoms with Gasteiger partial charge in [0.05, 0.1) is 35.9 Å². The number of aromatic nitrogens is 2. The number of benzene rings is 2. The fraction of sp³-hybridized carbons (Fsp3) is 0.261. The van der Waals surface area contributed by atoms with E-state index in [9.17, 15) is 4.79 Å². The molecule has 2 aromatic carbocycles. The Morgan fingerprint density at radius 1 is 1.21 bits per heavy atom. The SMILES string of the molecule is C=C(CCC(=O)N1CCC1c1ccccc1)Cn1ncc2cc(C#N)ccc21. The first-order valence-corrected chi connectivity index (χ1v) is 9.52. The number of amides is 1. The lowest BCUT2D eigenvalue weighted by atomic mass is 9.94. The third kappa shape index (κ3) is 3.54. The van der Waals surface area contributed by atoms with Crippen LogP contribution < -0.4 is 0 Å². The molecule has 1 saturated heterocycles. The van der Waals surface area contributed by atoms with Crippen molar-refractivity contribution in [3.63, 3.8) is 0 Å². The largest absolute Gasteiger partial charge is 0.335 e. The van der Waals surface area contributed by atoms with E-state index in [-0.39, 0.29) is 11.9 Å². The molecule has 0 saturated carbocycles. The second kappa shape index (κ2) is 7.69. The summed E-state index contributed by atoms with van der Waals surface area (Å²) in [7, 11) is 0. The van der Waals surface area contributed by atoms with E-state index in [1.807, 2.05) is 39.9 Å². The van der Waals surface area contributed by atoms with Crippen LogP contribution in [0.4, 0.5) is 0 Å². The van der Waals surface area contributed by atoms with Crippen LogP contribution in [0.2, 0.25) is 0 Å². The highest BCUT2D eigenvalue weighted by Crippen LogP contribution is 2.33. The van der Waals surface area contributed by atoms with Gasteiger partial charge in [-0.1, -0.05) is 42.5 Å². The monoisotopic (exact) mass is 370 g/mol. The predicted molar refractivity (Wildman–Crippen MR) is 108 cm³/mol. The van der Waals surface area contributed by atoms with Gasteiger partial charge in [0.25, 0.3) is 0 Å². The third-order valence-electron chi connectivity index (χ3n) is 5.36. The van der Waals surface area contributed by atoms with Gasteiger partial charge in [-0.05, 0) is 36.6 Å². The standard InChI is InChI=1S/C23H22N4O/c1-17(16-27-22-9-8-18(14-24)13-20(22)15-25-27)7-10-23(28)26-12-11-21(26)19-5-3-2-4-6-19/h2-6,8-9,13,15,21H,1,7,10-12,16H2. The van der Waals surface area contributed by atoms with E-state index in [2.05, 4.69) is 29.9 Å². The van der Waals surface area contributed by atoms with Crippen LogP contribution in [0.15, 0.2) is 66.9 Å². The van der Waals surface area contributed by atoms with Gasteiger partial charge in [0, 0.05) is 18.4 Å². The smallest absolute Gasteiger partial charge is 0.223 e. The second-order valence-corrected chi connectivity index (χ2v) is 7.24. The molecule has 0 spiro atoms. The average Bonchev–Trinajstić information content (AvgIpc) is 3.08. The van der Waals surface area contributed by atoms with E-state index >= 15 is 0 Å². The van der Waals surface area contributed by atoms with Crippen LogP contribution in [0.5, 0.6) is 0 Å². The second-order valence-electron chi connectivity index (χ2n) is 7.24. The Labute approximate surface area is 164 Å². The van der Waals surface area contributed by atoms with Gasteiger partial charge in [-0.2, -0.15) is 10.4 Å². The zero-order chi connectivity index (χ0) is 19.5. The third-order valence-corrected chi connectivity index (χ3v) is 5.36. The zero-order valence-electron chi connectivity index (χ0n) is 15.7. The van der Waals surface area contributed by atoms with Crippen LogP contribution in [0.25, 0.3) is 10.9 Å². The fourth-order valence-corrected chi connectivity index (χ4v) is 3.71. The molecule has 5 nitrogen and oxygen atoms in total. The minimum Gasteiger partial charge on any atom is -0.335 e. The number of carbonyl (C=O) groups excluding carboxylic acids is 1. The van der Waals surface area contributed by atoms with E-state index in [0.717, 1.165) is 29.4 Å². The molecule has 0 aliphatic carbocycles. The minimum absolute atomic E-state index is 0.185. The topological polar surface area (TPSA) is 61.9 Å². The van der Waals surface area contributed by atoms with Gasteiger partial charge < -0.3 is 4.90 Å². The Kier molecular flexibility index (Phi) is 4.94. The maximum Gasteiger partial charge on any atom is 0.223 e. The molecule has 0 bridgehead atoms. The molecule has 140 valence electrons. The maximum atomic E-state index is 12.6. The highest BCUT2D eigenvalue weighted by molar-refractivity contribution is 5.80. The van der Waals surface area contributed by atoms with E-state index in [0.29, 0.717) is 24.9 Å². The number of allylic oxidation sites excluding steroid dienone is 1. The molecule has 2 heterocycles. The van der Waals surface area contributed by atoms with Crippen molar-refractivity contribution in [2.24, 2.45) is 0 Å². The molecule has 1 unspecified atom stereocenters. The van der Waals surface area contributed by atoms with Crippen LogP contribution in [0.1, 0.15) is 36.4 Å². The van der Waals surface area contributed by atoms with E-state index in [1.165, 1.54) is 5.56 Å². The number of hydrogen-bond donors (Lipinski definition) is 0. The van der Waals surface area contributed by atoms with Crippen molar-refractivity contribution in [3.8, 4) is 6.07 Å². The van der Waals surface area contributed by atoms with Crippen molar-refractivity contribution >= 4 is 16.8 Å². The number of carbonyl (C=O) groups is 1. The van der Waals surface area contributed by atoms with Crippen molar-refractivity contribution in [1.82, 2.24) is 14.7 Å². The molecule has 3 aromatic rings. The van der Waals surface area contributed by atoms with Gasteiger partial charge in [0.2, 0.25) is 5.91 Å². The Morgan fingerprint density at radius 2 is 2.04 bits per heavy atom. The summed E-state index contributed by atoms with van der Waals surface area (Å²) in [6, 6.07) is 18.1. The predicted octanol–water partition coefficient (Wildman–Crippen LogP) is 4.22. The molecule has 1 aliphatic heterocycles. The summed E-state index contributed by atoms with van der Waals surface area (Å²) < 4.78 is 1.87. The molecule has 1 fully saturated rings. The molecule has 1 aliphatic rings. The molecular weight excluding hydrogens is 348 g/mol. The summed E-state index contributed by atoms with van der Waals surface area (Å²) in [4.78, 5) is 14.6. The molecule has 0 N–H and O–H groups in total. The van der Waals surface area contributed by atoms with Gasteiger partial charge >= 0.3 is 0 Å². The van der Waals surface area contributed by atoms with Gasteiger partial charge in [-0.15, -0.1) is 0 Å². The minimum atomic E-state index is 0.185. The van der Waals surface area contributed by atoms with E-state index in [4.69, 9.17) is 5.26 Å². The average molecular weight is 370 g/mol. The molecule has 1 aromatic heterocycles. The summed E-state index contributed by atoms with van der Waals surface area (Å²) in [5, 5.41) is 14.3. The molecular formula is C23H22N4O. The molecule has 5 heteroatoms. The Morgan fingerprint density at radius 3 is 2.75 bits per heavy atom. The van der Waals surface area contributed by atoms with Crippen LogP contribution in [-0.2, 0) is 11.3 Å². The van der Waals surface area contributed by atoms with Crippen LogP contribution >= 0.6 is 0 Å². The summed E-state index contributed by atoms with van der Waals surface area (Å²) in [6.45, 7) is 5.54. The van der Waals surface area contributed by atoms with Gasteiger partial charge in [-0.25, -0.2) is 0 Å². The lowest BCUT2D eigenvalue weighted by Crippen LogP contribution is -2.45. The number of nitriles is 1. The van der Waals surface area contributed by atoms with Crippen LogP contribution in [0, 0.1) is 11.3 Å². The summed E-state index contributed by atoms with van der Waals surface area (Å²) >= 11 is 0. The molecule has 1 amide bonds. The maximum absolute atomic E-state index is 12.6. The van der Waals surface area contributed by atoms with Crippen LogP contribution in [0.3, 0.4) is 0 Å². The highest BCUT2D eigenvalue weighted by Gasteiger charge is 2.32. The first kappa shape index (κ1) is 18.0. The fourth-order valence-electron chi connectivity index (χ4n) is 3.71. The Bertz CT molecular complexity index is 1060. The van der Waals surface area contributed by atoms with Gasteiger partial charge in [-0.3, -0.25) is 9.48 Å². The van der Waals surface area contributed by atoms with E-state index in [1.54, 1.807) is 12.3 Å². The molecule has 4 rings (SSSR count). The normalized spacial score (nSPS) is 15.8. The lowest BCUT2D eigenvalue weighted by Gasteiger charge is -2.41. The highest BCUT2D eigenvalue weighted by atomic mass is 16.2. The van der Waals surface area contributed by atoms with Gasteiger partial charge in [0.15, 0.2) is 0 Å². The molecule has 0 radical (unpaired) electrons. The lowest BCUT2D eigenvalue weighted by molar-refractivity contribution is -0.139. The molecule has 1 atom stereocenters. The number of nitrogens with zero attached hydrogens (tertiary/aromatic N) is 4. The summed E-state index contributed by atoms with van der Waals surface area (Å²) in [6.07, 6.45) is 3.91. The Hall–Kier alpha value is -3.39. The number of fused-ring (bicyclic) bond motifs is 1. The van der Waals surface area contributed by atoms with Crippen LogP contribution in [-0.4, -0.2) is 27.1 Å². The number of likely N-dealkylation sites (tertiary alicyclic amines) is 1. The van der Waals surface area contributed by atoms with E-state index < -0.39 is 0 Å². The Balaban J connectivity index is 1.34. The summed E-state index contributed by atoms with van der Waals surface area (Å²) in [5.74, 6) is 0.185. The van der Waals surface area contributed by atoms with Crippen molar-refractivity contribution in [1.29, 1.82) is 5.26 Å². The van der Waals surface area contributed by atoms with Crippen molar-refractivity contribution < 1.29 is 4.79 Å². The van der Waals surface area contributed by atoms with Gasteiger partial charge in [0.1, 0.15) is 0 Å². The van der Waals surface area contributed by atoms with Crippen molar-refractivity contribution in [3.05, 3.63) is 78.0 Å². The van der Waals surface area contributed by atoms with Crippen molar-refractivity contribution in [2.45, 2.75) is 31.8 Å². The zero-order valence-corrected chi connectivity index (χ0v) is 15.7. The number of hydrogen-bond acceptors (Lipinski definition) is 3.